The zero-order chi connectivity index (χ0) is 18.7. The van der Waals surface area contributed by atoms with Gasteiger partial charge in [-0.3, -0.25) is 4.79 Å². The van der Waals surface area contributed by atoms with Crippen molar-refractivity contribution in [3.05, 3.63) is 42.0 Å². The molecular weight excluding hydrogens is 345 g/mol. The first-order valence-electron chi connectivity index (χ1n) is 8.92. The summed E-state index contributed by atoms with van der Waals surface area (Å²) in [6, 6.07) is 5.42. The van der Waals surface area contributed by atoms with Gasteiger partial charge >= 0.3 is 12.1 Å². The van der Waals surface area contributed by atoms with E-state index in [0.29, 0.717) is 31.4 Å². The van der Waals surface area contributed by atoms with Crippen molar-refractivity contribution in [1.29, 1.82) is 0 Å². The van der Waals surface area contributed by atoms with Gasteiger partial charge in [-0.05, 0) is 54.9 Å². The number of hydrogen-bond donors (Lipinski definition) is 0. The Morgan fingerprint density at radius 3 is 2.73 bits per heavy atom. The molecule has 0 N–H and O–H groups in total. The van der Waals surface area contributed by atoms with E-state index in [1.807, 2.05) is 6.07 Å². The van der Waals surface area contributed by atoms with Crippen molar-refractivity contribution < 1.29 is 27.4 Å². The Labute approximate surface area is 150 Å². The first-order chi connectivity index (χ1) is 12.3. The number of fused-ring (bicyclic) bond motifs is 5. The maximum atomic E-state index is 14.1. The minimum atomic E-state index is -4.60. The molecule has 3 aliphatic rings. The molecule has 0 unspecified atom stereocenters. The lowest BCUT2D eigenvalue weighted by atomic mass is 9.62. The number of hydrogen-bond acceptors (Lipinski definition) is 3. The molecule has 140 valence electrons. The summed E-state index contributed by atoms with van der Waals surface area (Å²) in [5.41, 5.74) is -0.679. The van der Waals surface area contributed by atoms with E-state index in [-0.39, 0.29) is 5.92 Å². The summed E-state index contributed by atoms with van der Waals surface area (Å²) < 4.78 is 52.8. The number of carbonyl (C=O) groups is 1. The molecule has 1 aromatic carbocycles. The number of rotatable bonds is 2. The van der Waals surface area contributed by atoms with Crippen molar-refractivity contribution in [2.45, 2.75) is 43.4 Å². The first-order valence-corrected chi connectivity index (χ1v) is 8.92. The number of methoxy groups -OCH3 is 1. The Morgan fingerprint density at radius 2 is 2.08 bits per heavy atom. The number of halogens is 3. The summed E-state index contributed by atoms with van der Waals surface area (Å²) in [6.07, 6.45) is -1.36. The van der Waals surface area contributed by atoms with Crippen LogP contribution in [0.3, 0.4) is 0 Å². The average molecular weight is 366 g/mol. The third-order valence-electron chi connectivity index (χ3n) is 6.52. The molecule has 4 rings (SSSR count). The molecule has 1 aliphatic heterocycles. The van der Waals surface area contributed by atoms with Gasteiger partial charge in [0.25, 0.3) is 0 Å². The maximum absolute atomic E-state index is 14.1. The van der Waals surface area contributed by atoms with E-state index in [2.05, 4.69) is 6.58 Å². The van der Waals surface area contributed by atoms with E-state index in [4.69, 9.17) is 9.47 Å². The van der Waals surface area contributed by atoms with Gasteiger partial charge in [0.2, 0.25) is 5.60 Å². The highest BCUT2D eigenvalue weighted by Crippen LogP contribution is 2.62. The minimum Gasteiger partial charge on any atom is -0.497 e. The van der Waals surface area contributed by atoms with Crippen molar-refractivity contribution in [2.24, 2.45) is 17.8 Å². The lowest BCUT2D eigenvalue weighted by molar-refractivity contribution is -0.307. The van der Waals surface area contributed by atoms with Gasteiger partial charge in [0.15, 0.2) is 0 Å². The third-order valence-corrected chi connectivity index (χ3v) is 6.52. The van der Waals surface area contributed by atoms with E-state index in [9.17, 15) is 18.0 Å². The second-order valence-electron chi connectivity index (χ2n) is 7.48. The van der Waals surface area contributed by atoms with Crippen molar-refractivity contribution >= 4 is 5.97 Å². The van der Waals surface area contributed by atoms with Crippen molar-refractivity contribution in [3.8, 4) is 5.75 Å². The molecule has 26 heavy (non-hydrogen) atoms. The van der Waals surface area contributed by atoms with Gasteiger partial charge in [-0.25, -0.2) is 0 Å². The van der Waals surface area contributed by atoms with Crippen LogP contribution in [0, 0.1) is 17.8 Å². The summed E-state index contributed by atoms with van der Waals surface area (Å²) in [6.45, 7) is 3.57. The monoisotopic (exact) mass is 366 g/mol. The standard InChI is InChI=1S/C20H21F3O3/c1-3-12-5-9-16-15-7-4-11-10-13(25-2)6-8-14(11)17(15)18(24)26-19(12,16)20(21,22)23/h3,6,8,10,12,15-17H,1,4-5,7,9H2,2H3/t12-,15+,16+,17-,19+/m1/s1. The SMILES string of the molecule is C=C[C@@H]1CC[C@H]2[C@@H]3CCc4cc(OC)ccc4[C@H]3C(=O)O[C@@]12C(F)(F)F. The summed E-state index contributed by atoms with van der Waals surface area (Å²) in [5.74, 6) is -2.66. The molecule has 0 aromatic heterocycles. The van der Waals surface area contributed by atoms with Crippen LogP contribution in [0.15, 0.2) is 30.9 Å². The first kappa shape index (κ1) is 17.4. The molecule has 0 radical (unpaired) electrons. The van der Waals surface area contributed by atoms with Gasteiger partial charge in [-0.1, -0.05) is 12.1 Å². The van der Waals surface area contributed by atoms with Crippen molar-refractivity contribution in [2.75, 3.05) is 7.11 Å². The highest BCUT2D eigenvalue weighted by atomic mass is 19.4. The molecule has 5 atom stereocenters. The molecule has 2 aliphatic carbocycles. The molecular formula is C20H21F3O3. The minimum absolute atomic E-state index is 0.347. The summed E-state index contributed by atoms with van der Waals surface area (Å²) in [4.78, 5) is 12.8. The molecule has 0 bridgehead atoms. The summed E-state index contributed by atoms with van der Waals surface area (Å²) in [7, 11) is 1.56. The number of aryl methyl sites for hydroxylation is 1. The molecule has 1 heterocycles. The van der Waals surface area contributed by atoms with E-state index in [1.54, 1.807) is 19.2 Å². The fourth-order valence-corrected chi connectivity index (χ4v) is 5.43. The van der Waals surface area contributed by atoms with Gasteiger partial charge in [0, 0.05) is 11.8 Å². The number of carbonyl (C=O) groups excluding carboxylic acids is 1. The highest BCUT2D eigenvalue weighted by Gasteiger charge is 2.73. The molecule has 6 heteroatoms. The zero-order valence-corrected chi connectivity index (χ0v) is 14.5. The van der Waals surface area contributed by atoms with Gasteiger partial charge in [-0.2, -0.15) is 13.2 Å². The van der Waals surface area contributed by atoms with Crippen LogP contribution >= 0.6 is 0 Å². The third kappa shape index (κ3) is 2.17. The van der Waals surface area contributed by atoms with Gasteiger partial charge in [0.05, 0.1) is 13.0 Å². The van der Waals surface area contributed by atoms with Crippen LogP contribution < -0.4 is 4.74 Å². The Kier molecular flexibility index (Phi) is 3.86. The average Bonchev–Trinajstić information content (AvgIpc) is 3.00. The fourth-order valence-electron chi connectivity index (χ4n) is 5.43. The quantitative estimate of drug-likeness (QED) is 0.574. The lowest BCUT2D eigenvalue weighted by Crippen LogP contribution is -2.62. The van der Waals surface area contributed by atoms with Crippen LogP contribution in [0.2, 0.25) is 0 Å². The topological polar surface area (TPSA) is 35.5 Å². The van der Waals surface area contributed by atoms with Crippen LogP contribution in [0.1, 0.15) is 36.3 Å². The predicted octanol–water partition coefficient (Wildman–Crippen LogP) is 4.41. The Bertz CT molecular complexity index is 757. The highest BCUT2D eigenvalue weighted by molar-refractivity contribution is 5.81. The van der Waals surface area contributed by atoms with Crippen molar-refractivity contribution in [1.82, 2.24) is 0 Å². The van der Waals surface area contributed by atoms with Crippen LogP contribution in [-0.2, 0) is 16.0 Å². The number of benzene rings is 1. The van der Waals surface area contributed by atoms with Gasteiger partial charge in [-0.15, -0.1) is 6.58 Å². The predicted molar refractivity (Wildman–Crippen MR) is 88.8 cm³/mol. The maximum Gasteiger partial charge on any atom is 0.429 e. The molecule has 0 amide bonds. The van der Waals surface area contributed by atoms with Crippen LogP contribution in [0.5, 0.6) is 5.75 Å². The molecule has 1 saturated carbocycles. The Morgan fingerprint density at radius 1 is 1.31 bits per heavy atom. The Hall–Kier alpha value is -1.98. The molecule has 0 spiro atoms. The summed E-state index contributed by atoms with van der Waals surface area (Å²) >= 11 is 0. The van der Waals surface area contributed by atoms with Crippen molar-refractivity contribution in [3.63, 3.8) is 0 Å². The molecule has 3 nitrogen and oxygen atoms in total. The van der Waals surface area contributed by atoms with Gasteiger partial charge < -0.3 is 9.47 Å². The Balaban J connectivity index is 1.80. The van der Waals surface area contributed by atoms with E-state index in [0.717, 1.165) is 11.1 Å². The smallest absolute Gasteiger partial charge is 0.429 e. The van der Waals surface area contributed by atoms with E-state index in [1.165, 1.54) is 6.08 Å². The van der Waals surface area contributed by atoms with Crippen LogP contribution in [-0.4, -0.2) is 24.9 Å². The number of esters is 1. The second kappa shape index (κ2) is 5.76. The molecule has 2 fully saturated rings. The number of ether oxygens (including phenoxy) is 2. The van der Waals surface area contributed by atoms with E-state index < -0.39 is 35.5 Å². The van der Waals surface area contributed by atoms with Crippen LogP contribution in [0.25, 0.3) is 0 Å². The zero-order valence-electron chi connectivity index (χ0n) is 14.5. The van der Waals surface area contributed by atoms with E-state index >= 15 is 0 Å². The summed E-state index contributed by atoms with van der Waals surface area (Å²) in [5, 5.41) is 0. The van der Waals surface area contributed by atoms with Gasteiger partial charge in [0.1, 0.15) is 5.75 Å². The normalized spacial score (nSPS) is 35.8. The van der Waals surface area contributed by atoms with Crippen LogP contribution in [0.4, 0.5) is 13.2 Å². The second-order valence-corrected chi connectivity index (χ2v) is 7.48. The fraction of sp³-hybridized carbons (Fsp3) is 0.550. The largest absolute Gasteiger partial charge is 0.497 e. The molecule has 1 aromatic rings. The lowest BCUT2D eigenvalue weighted by Gasteiger charge is -2.50. The molecule has 1 saturated heterocycles. The number of alkyl halides is 3.